The molecule has 1 fully saturated rings. The van der Waals surface area contributed by atoms with Gasteiger partial charge < -0.3 is 14.4 Å². The Balaban J connectivity index is 1.94. The summed E-state index contributed by atoms with van der Waals surface area (Å²) in [6.07, 6.45) is -0.642. The molecule has 1 aromatic heterocycles. The molecule has 0 bridgehead atoms. The number of hydrogen-bond donors (Lipinski definition) is 0. The molecule has 2 aromatic rings. The van der Waals surface area contributed by atoms with Crippen molar-refractivity contribution in [1.29, 1.82) is 0 Å². The molecule has 0 radical (unpaired) electrons. The van der Waals surface area contributed by atoms with Gasteiger partial charge in [0, 0.05) is 25.0 Å². The van der Waals surface area contributed by atoms with Crippen LogP contribution in [0.4, 0.5) is 24.8 Å². The minimum absolute atomic E-state index is 0.124. The number of ether oxygens (including phenoxy) is 2. The van der Waals surface area contributed by atoms with E-state index in [1.54, 1.807) is 43.3 Å². The molecule has 0 saturated heterocycles. The molecule has 8 heteroatoms. The van der Waals surface area contributed by atoms with Crippen molar-refractivity contribution in [3.8, 4) is 11.6 Å². The summed E-state index contributed by atoms with van der Waals surface area (Å²) in [6.45, 7) is 0. The highest BCUT2D eigenvalue weighted by atomic mass is 19.4. The van der Waals surface area contributed by atoms with Crippen molar-refractivity contribution in [3.05, 3.63) is 36.0 Å². The third-order valence-corrected chi connectivity index (χ3v) is 4.37. The van der Waals surface area contributed by atoms with Gasteiger partial charge in [-0.1, -0.05) is 6.07 Å². The highest BCUT2D eigenvalue weighted by Gasteiger charge is 2.37. The third kappa shape index (κ3) is 4.00. The first-order valence-corrected chi connectivity index (χ1v) is 8.37. The van der Waals surface area contributed by atoms with Crippen LogP contribution in [0.3, 0.4) is 0 Å². The first kappa shape index (κ1) is 18.3. The van der Waals surface area contributed by atoms with E-state index in [2.05, 4.69) is 9.97 Å². The fourth-order valence-corrected chi connectivity index (χ4v) is 2.90. The molecule has 0 atom stereocenters. The number of alkyl halides is 3. The topological polar surface area (TPSA) is 47.5 Å². The van der Waals surface area contributed by atoms with Gasteiger partial charge in [-0.3, -0.25) is 0 Å². The standard InChI is InChI=1S/C18H20F3N3O2/c1-24(12-6-5-9-14(10-12)25-2)17-22-11-15(18(19,20)21)16(23-17)26-13-7-3-4-8-13/h5-6,9-11,13H,3-4,7-8H2,1-2H3. The molecular formula is C18H20F3N3O2. The van der Waals surface area contributed by atoms with Crippen molar-refractivity contribution >= 4 is 11.6 Å². The van der Waals surface area contributed by atoms with E-state index in [1.807, 2.05) is 0 Å². The first-order valence-electron chi connectivity index (χ1n) is 8.37. The number of hydrogen-bond acceptors (Lipinski definition) is 5. The number of nitrogens with zero attached hydrogens (tertiary/aromatic N) is 3. The largest absolute Gasteiger partial charge is 0.497 e. The maximum Gasteiger partial charge on any atom is 0.423 e. The Kier molecular flexibility index (Phi) is 5.20. The number of methoxy groups -OCH3 is 1. The van der Waals surface area contributed by atoms with Crippen LogP contribution in [0.25, 0.3) is 0 Å². The van der Waals surface area contributed by atoms with Gasteiger partial charge in [-0.25, -0.2) is 4.98 Å². The Bertz CT molecular complexity index is 762. The van der Waals surface area contributed by atoms with E-state index < -0.39 is 17.6 Å². The summed E-state index contributed by atoms with van der Waals surface area (Å²) in [5.74, 6) is 0.340. The Morgan fingerprint density at radius 1 is 1.19 bits per heavy atom. The Morgan fingerprint density at radius 3 is 2.58 bits per heavy atom. The molecule has 0 aliphatic heterocycles. The lowest BCUT2D eigenvalue weighted by molar-refractivity contribution is -0.139. The number of aromatic nitrogens is 2. The zero-order chi connectivity index (χ0) is 18.7. The van der Waals surface area contributed by atoms with Crippen molar-refractivity contribution in [2.24, 2.45) is 0 Å². The molecule has 5 nitrogen and oxygen atoms in total. The summed E-state index contributed by atoms with van der Waals surface area (Å²) in [7, 11) is 3.22. The molecule has 0 unspecified atom stereocenters. The Labute approximate surface area is 149 Å². The first-order chi connectivity index (χ1) is 12.4. The van der Waals surface area contributed by atoms with Gasteiger partial charge in [0.05, 0.1) is 7.11 Å². The molecule has 26 heavy (non-hydrogen) atoms. The molecule has 1 aromatic carbocycles. The van der Waals surface area contributed by atoms with Crippen LogP contribution in [0.2, 0.25) is 0 Å². The van der Waals surface area contributed by atoms with E-state index in [1.165, 1.54) is 0 Å². The van der Waals surface area contributed by atoms with Crippen molar-refractivity contribution in [1.82, 2.24) is 9.97 Å². The summed E-state index contributed by atoms with van der Waals surface area (Å²) in [5.41, 5.74) is -0.261. The van der Waals surface area contributed by atoms with Crippen molar-refractivity contribution in [2.45, 2.75) is 38.0 Å². The van der Waals surface area contributed by atoms with Gasteiger partial charge in [0.1, 0.15) is 17.4 Å². The van der Waals surface area contributed by atoms with Crippen LogP contribution in [0.15, 0.2) is 30.5 Å². The van der Waals surface area contributed by atoms with Crippen molar-refractivity contribution in [2.75, 3.05) is 19.1 Å². The van der Waals surface area contributed by atoms with Gasteiger partial charge in [0.15, 0.2) is 0 Å². The predicted octanol–water partition coefficient (Wildman–Crippen LogP) is 4.59. The van der Waals surface area contributed by atoms with Crippen LogP contribution >= 0.6 is 0 Å². The lowest BCUT2D eigenvalue weighted by atomic mass is 10.2. The minimum atomic E-state index is -4.57. The minimum Gasteiger partial charge on any atom is -0.497 e. The Morgan fingerprint density at radius 2 is 1.92 bits per heavy atom. The predicted molar refractivity (Wildman–Crippen MR) is 91.0 cm³/mol. The maximum absolute atomic E-state index is 13.3. The Hall–Kier alpha value is -2.51. The summed E-state index contributed by atoms with van der Waals surface area (Å²) >= 11 is 0. The number of halogens is 3. The monoisotopic (exact) mass is 367 g/mol. The average Bonchev–Trinajstić information content (AvgIpc) is 3.13. The van der Waals surface area contributed by atoms with E-state index in [9.17, 15) is 13.2 Å². The van der Waals surface area contributed by atoms with E-state index >= 15 is 0 Å². The van der Waals surface area contributed by atoms with Gasteiger partial charge >= 0.3 is 6.18 Å². The molecule has 1 aliphatic rings. The molecule has 3 rings (SSSR count). The summed E-state index contributed by atoms with van der Waals surface area (Å²) in [5, 5.41) is 0. The zero-order valence-corrected chi connectivity index (χ0v) is 14.6. The van der Waals surface area contributed by atoms with E-state index in [0.29, 0.717) is 11.4 Å². The number of benzene rings is 1. The summed E-state index contributed by atoms with van der Waals surface area (Å²) < 4.78 is 50.6. The summed E-state index contributed by atoms with van der Waals surface area (Å²) in [6, 6.07) is 7.10. The molecule has 140 valence electrons. The number of anilines is 2. The zero-order valence-electron chi connectivity index (χ0n) is 14.6. The van der Waals surface area contributed by atoms with Gasteiger partial charge in [0.25, 0.3) is 0 Å². The molecule has 1 aliphatic carbocycles. The van der Waals surface area contributed by atoms with E-state index in [0.717, 1.165) is 31.9 Å². The second-order valence-electron chi connectivity index (χ2n) is 6.17. The highest BCUT2D eigenvalue weighted by molar-refractivity contribution is 5.59. The van der Waals surface area contributed by atoms with E-state index in [-0.39, 0.29) is 12.1 Å². The quantitative estimate of drug-likeness (QED) is 0.773. The third-order valence-electron chi connectivity index (χ3n) is 4.37. The van der Waals surface area contributed by atoms with Crippen molar-refractivity contribution in [3.63, 3.8) is 0 Å². The van der Waals surface area contributed by atoms with Crippen molar-refractivity contribution < 1.29 is 22.6 Å². The smallest absolute Gasteiger partial charge is 0.423 e. The fraction of sp³-hybridized carbons (Fsp3) is 0.444. The SMILES string of the molecule is COc1cccc(N(C)c2ncc(C(F)(F)F)c(OC3CCCC3)n2)c1. The van der Waals surface area contributed by atoms with Crippen LogP contribution in [0, 0.1) is 0 Å². The van der Waals surface area contributed by atoms with E-state index in [4.69, 9.17) is 9.47 Å². The van der Waals surface area contributed by atoms with Gasteiger partial charge in [0.2, 0.25) is 11.8 Å². The lowest BCUT2D eigenvalue weighted by Crippen LogP contribution is -2.20. The van der Waals surface area contributed by atoms with Crippen LogP contribution in [-0.4, -0.2) is 30.2 Å². The second-order valence-corrected chi connectivity index (χ2v) is 6.17. The molecule has 1 saturated carbocycles. The van der Waals surface area contributed by atoms with Crippen LogP contribution in [-0.2, 0) is 6.18 Å². The summed E-state index contributed by atoms with van der Waals surface area (Å²) in [4.78, 5) is 9.54. The highest BCUT2D eigenvalue weighted by Crippen LogP contribution is 2.37. The van der Waals surface area contributed by atoms with Gasteiger partial charge in [-0.2, -0.15) is 18.2 Å². The van der Waals surface area contributed by atoms with Gasteiger partial charge in [-0.15, -0.1) is 0 Å². The average molecular weight is 367 g/mol. The lowest BCUT2D eigenvalue weighted by Gasteiger charge is -2.21. The molecule has 1 heterocycles. The van der Waals surface area contributed by atoms with Crippen LogP contribution in [0.1, 0.15) is 31.2 Å². The van der Waals surface area contributed by atoms with Crippen LogP contribution < -0.4 is 14.4 Å². The normalized spacial score (nSPS) is 15.1. The molecule has 0 amide bonds. The maximum atomic E-state index is 13.3. The number of rotatable bonds is 5. The molecular weight excluding hydrogens is 347 g/mol. The molecule has 0 spiro atoms. The van der Waals surface area contributed by atoms with Gasteiger partial charge in [-0.05, 0) is 37.8 Å². The van der Waals surface area contributed by atoms with Crippen LogP contribution in [0.5, 0.6) is 11.6 Å². The second kappa shape index (κ2) is 7.39. The fourth-order valence-electron chi connectivity index (χ4n) is 2.90. The molecule has 0 N–H and O–H groups in total.